The Hall–Kier alpha value is -1.88. The van der Waals surface area contributed by atoms with Crippen molar-refractivity contribution in [3.05, 3.63) is 29.8 Å². The summed E-state index contributed by atoms with van der Waals surface area (Å²) in [7, 11) is 0. The third-order valence-corrected chi connectivity index (χ3v) is 2.60. The Morgan fingerprint density at radius 1 is 1.32 bits per heavy atom. The number of benzene rings is 1. The average Bonchev–Trinajstić information content (AvgIpc) is 2.35. The molecule has 0 saturated heterocycles. The highest BCUT2D eigenvalue weighted by molar-refractivity contribution is 5.96. The molecular formula is C14H20N2O3. The minimum absolute atomic E-state index is 0.000782. The average molecular weight is 264 g/mol. The molecule has 0 aliphatic heterocycles. The number of carbonyl (C=O) groups excluding carboxylic acids is 2. The van der Waals surface area contributed by atoms with E-state index in [4.69, 9.17) is 5.11 Å². The maximum Gasteiger partial charge on any atom is 0.251 e. The smallest absolute Gasteiger partial charge is 0.251 e. The first-order chi connectivity index (χ1) is 8.84. The second-order valence-electron chi connectivity index (χ2n) is 5.27. The molecule has 104 valence electrons. The number of anilines is 1. The molecule has 0 unspecified atom stereocenters. The number of hydrogen-bond donors (Lipinski definition) is 3. The van der Waals surface area contributed by atoms with Gasteiger partial charge in [0.2, 0.25) is 5.91 Å². The second kappa shape index (κ2) is 6.33. The largest absolute Gasteiger partial charge is 0.396 e. The van der Waals surface area contributed by atoms with Crippen molar-refractivity contribution in [3.63, 3.8) is 0 Å². The summed E-state index contributed by atoms with van der Waals surface area (Å²) in [5.74, 6) is -0.410. The molecule has 0 saturated carbocycles. The van der Waals surface area contributed by atoms with Gasteiger partial charge in [-0.1, -0.05) is 19.9 Å². The van der Waals surface area contributed by atoms with Crippen LogP contribution in [0.25, 0.3) is 0 Å². The molecule has 19 heavy (non-hydrogen) atoms. The summed E-state index contributed by atoms with van der Waals surface area (Å²) in [4.78, 5) is 22.9. The Labute approximate surface area is 113 Å². The lowest BCUT2D eigenvalue weighted by Gasteiger charge is -2.21. The van der Waals surface area contributed by atoms with Crippen LogP contribution in [-0.2, 0) is 4.79 Å². The molecule has 0 atom stereocenters. The van der Waals surface area contributed by atoms with Gasteiger partial charge >= 0.3 is 0 Å². The van der Waals surface area contributed by atoms with Gasteiger partial charge in [0.25, 0.3) is 5.91 Å². The van der Waals surface area contributed by atoms with E-state index in [0.29, 0.717) is 17.8 Å². The van der Waals surface area contributed by atoms with E-state index in [1.165, 1.54) is 6.92 Å². The molecule has 0 fully saturated rings. The molecule has 2 amide bonds. The quantitative estimate of drug-likeness (QED) is 0.752. The van der Waals surface area contributed by atoms with Crippen LogP contribution in [0.3, 0.4) is 0 Å². The van der Waals surface area contributed by atoms with Crippen molar-refractivity contribution < 1.29 is 14.7 Å². The van der Waals surface area contributed by atoms with E-state index in [1.54, 1.807) is 24.3 Å². The Morgan fingerprint density at radius 2 is 2.00 bits per heavy atom. The van der Waals surface area contributed by atoms with E-state index in [2.05, 4.69) is 10.6 Å². The first kappa shape index (κ1) is 15.2. The van der Waals surface area contributed by atoms with E-state index in [9.17, 15) is 9.59 Å². The van der Waals surface area contributed by atoms with Crippen molar-refractivity contribution in [3.8, 4) is 0 Å². The SMILES string of the molecule is CC(=O)Nc1cccc(C(=O)NCC(C)(C)CO)c1. The summed E-state index contributed by atoms with van der Waals surface area (Å²) in [5.41, 5.74) is 0.701. The summed E-state index contributed by atoms with van der Waals surface area (Å²) in [6.07, 6.45) is 0. The Morgan fingerprint density at radius 3 is 2.58 bits per heavy atom. The molecule has 0 spiro atoms. The molecule has 1 rings (SSSR count). The summed E-state index contributed by atoms with van der Waals surface area (Å²) < 4.78 is 0. The fourth-order valence-electron chi connectivity index (χ4n) is 1.42. The van der Waals surface area contributed by atoms with Gasteiger partial charge in [0.1, 0.15) is 0 Å². The molecule has 5 nitrogen and oxygen atoms in total. The van der Waals surface area contributed by atoms with Gasteiger partial charge in [-0.05, 0) is 18.2 Å². The Kier molecular flexibility index (Phi) is 5.06. The number of carbonyl (C=O) groups is 2. The van der Waals surface area contributed by atoms with Gasteiger partial charge in [-0.25, -0.2) is 0 Å². The fraction of sp³-hybridized carbons (Fsp3) is 0.429. The summed E-state index contributed by atoms with van der Waals surface area (Å²) >= 11 is 0. The lowest BCUT2D eigenvalue weighted by Crippen LogP contribution is -2.36. The van der Waals surface area contributed by atoms with Crippen molar-refractivity contribution in [2.75, 3.05) is 18.5 Å². The number of aliphatic hydroxyl groups excluding tert-OH is 1. The predicted molar refractivity (Wildman–Crippen MR) is 73.9 cm³/mol. The number of nitrogens with one attached hydrogen (secondary N) is 2. The van der Waals surface area contributed by atoms with Crippen molar-refractivity contribution in [1.82, 2.24) is 5.32 Å². The maximum atomic E-state index is 11.9. The molecule has 0 radical (unpaired) electrons. The minimum atomic E-state index is -0.356. The number of hydrogen-bond acceptors (Lipinski definition) is 3. The Balaban J connectivity index is 2.69. The molecular weight excluding hydrogens is 244 g/mol. The van der Waals surface area contributed by atoms with Crippen LogP contribution in [0.2, 0.25) is 0 Å². The summed E-state index contributed by atoms with van der Waals surface area (Å²) in [6, 6.07) is 6.71. The third kappa shape index (κ3) is 5.09. The van der Waals surface area contributed by atoms with Crippen molar-refractivity contribution in [1.29, 1.82) is 0 Å². The number of aliphatic hydroxyl groups is 1. The normalized spacial score (nSPS) is 10.9. The molecule has 3 N–H and O–H groups in total. The summed E-state index contributed by atoms with van der Waals surface area (Å²) in [5, 5.41) is 14.5. The Bertz CT molecular complexity index is 470. The second-order valence-corrected chi connectivity index (χ2v) is 5.27. The van der Waals surface area contributed by atoms with Gasteiger partial charge < -0.3 is 15.7 Å². The molecule has 0 aliphatic rings. The van der Waals surface area contributed by atoms with Crippen LogP contribution >= 0.6 is 0 Å². The highest BCUT2D eigenvalue weighted by atomic mass is 16.3. The van der Waals surface area contributed by atoms with E-state index >= 15 is 0 Å². The molecule has 0 aliphatic carbocycles. The van der Waals surface area contributed by atoms with Crippen LogP contribution in [0.4, 0.5) is 5.69 Å². The van der Waals surface area contributed by atoms with E-state index < -0.39 is 0 Å². The van der Waals surface area contributed by atoms with Crippen LogP contribution < -0.4 is 10.6 Å². The lowest BCUT2D eigenvalue weighted by atomic mass is 9.95. The zero-order chi connectivity index (χ0) is 14.5. The van der Waals surface area contributed by atoms with Crippen molar-refractivity contribution in [2.45, 2.75) is 20.8 Å². The van der Waals surface area contributed by atoms with Crippen LogP contribution in [0.1, 0.15) is 31.1 Å². The predicted octanol–water partition coefficient (Wildman–Crippen LogP) is 1.39. The molecule has 0 aromatic heterocycles. The zero-order valence-corrected chi connectivity index (χ0v) is 11.5. The topological polar surface area (TPSA) is 78.4 Å². The van der Waals surface area contributed by atoms with E-state index in [-0.39, 0.29) is 23.8 Å². The van der Waals surface area contributed by atoms with Gasteiger partial charge in [0.15, 0.2) is 0 Å². The van der Waals surface area contributed by atoms with Crippen molar-refractivity contribution >= 4 is 17.5 Å². The monoisotopic (exact) mass is 264 g/mol. The molecule has 0 heterocycles. The minimum Gasteiger partial charge on any atom is -0.396 e. The lowest BCUT2D eigenvalue weighted by molar-refractivity contribution is -0.114. The van der Waals surface area contributed by atoms with Crippen molar-refractivity contribution in [2.24, 2.45) is 5.41 Å². The molecule has 5 heteroatoms. The van der Waals surface area contributed by atoms with Gasteiger partial charge in [0.05, 0.1) is 0 Å². The standard InChI is InChI=1S/C14H20N2O3/c1-10(18)16-12-6-4-5-11(7-12)13(19)15-8-14(2,3)9-17/h4-7,17H,8-9H2,1-3H3,(H,15,19)(H,16,18). The van der Waals surface area contributed by atoms with Gasteiger partial charge in [-0.3, -0.25) is 9.59 Å². The van der Waals surface area contributed by atoms with Gasteiger partial charge in [-0.15, -0.1) is 0 Å². The molecule has 0 bridgehead atoms. The van der Waals surface area contributed by atoms with Gasteiger partial charge in [-0.2, -0.15) is 0 Å². The van der Waals surface area contributed by atoms with E-state index in [0.717, 1.165) is 0 Å². The zero-order valence-electron chi connectivity index (χ0n) is 11.5. The number of rotatable bonds is 5. The van der Waals surface area contributed by atoms with Crippen LogP contribution in [0, 0.1) is 5.41 Å². The highest BCUT2D eigenvalue weighted by Crippen LogP contribution is 2.13. The maximum absolute atomic E-state index is 11.9. The first-order valence-corrected chi connectivity index (χ1v) is 6.11. The third-order valence-electron chi connectivity index (χ3n) is 2.60. The van der Waals surface area contributed by atoms with Crippen LogP contribution in [0.5, 0.6) is 0 Å². The number of amides is 2. The highest BCUT2D eigenvalue weighted by Gasteiger charge is 2.18. The fourth-order valence-corrected chi connectivity index (χ4v) is 1.42. The summed E-state index contributed by atoms with van der Waals surface area (Å²) in [6.45, 7) is 5.52. The molecule has 1 aromatic carbocycles. The first-order valence-electron chi connectivity index (χ1n) is 6.11. The van der Waals surface area contributed by atoms with E-state index in [1.807, 2.05) is 13.8 Å². The molecule has 1 aromatic rings. The van der Waals surface area contributed by atoms with Crippen LogP contribution in [-0.4, -0.2) is 30.1 Å². The van der Waals surface area contributed by atoms with Crippen LogP contribution in [0.15, 0.2) is 24.3 Å². The van der Waals surface area contributed by atoms with Gasteiger partial charge in [0, 0.05) is 36.7 Å².